The van der Waals surface area contributed by atoms with Crippen LogP contribution in [-0.2, 0) is 0 Å². The zero-order valence-corrected chi connectivity index (χ0v) is 12.2. The van der Waals surface area contributed by atoms with Crippen LogP contribution in [0.25, 0.3) is 0 Å². The Morgan fingerprint density at radius 2 is 1.43 bits per heavy atom. The maximum atomic E-state index is 5.27. The number of hydrogen-bond acceptors (Lipinski definition) is 4. The van der Waals surface area contributed by atoms with Crippen LogP contribution in [0.15, 0.2) is 0 Å². The van der Waals surface area contributed by atoms with Crippen molar-refractivity contribution in [2.24, 2.45) is 0 Å². The molecule has 0 saturated carbocycles. The summed E-state index contributed by atoms with van der Waals surface area (Å²) >= 11 is 10.4. The van der Waals surface area contributed by atoms with Crippen LogP contribution in [0.3, 0.4) is 0 Å². The van der Waals surface area contributed by atoms with Gasteiger partial charge in [0.1, 0.15) is 8.64 Å². The van der Waals surface area contributed by atoms with E-state index in [-0.39, 0.29) is 0 Å². The van der Waals surface area contributed by atoms with Crippen LogP contribution in [0.2, 0.25) is 0 Å². The van der Waals surface area contributed by atoms with Crippen LogP contribution < -0.4 is 0 Å². The lowest BCUT2D eigenvalue weighted by atomic mass is 10.6. The number of nitrogens with zero attached hydrogens (tertiary/aromatic N) is 2. The van der Waals surface area contributed by atoms with Gasteiger partial charge in [0, 0.05) is 27.2 Å². The van der Waals surface area contributed by atoms with Crippen molar-refractivity contribution in [3.63, 3.8) is 0 Å². The van der Waals surface area contributed by atoms with Crippen molar-refractivity contribution >= 4 is 54.7 Å². The third-order valence-corrected chi connectivity index (χ3v) is 5.52. The molecule has 0 amide bonds. The summed E-state index contributed by atoms with van der Waals surface area (Å²) in [5, 5.41) is 0. The van der Waals surface area contributed by atoms with Crippen LogP contribution in [0.1, 0.15) is 13.8 Å². The first-order chi connectivity index (χ1) is 6.52. The molecule has 0 saturated heterocycles. The van der Waals surface area contributed by atoms with Gasteiger partial charge < -0.3 is 9.80 Å². The number of hydrogen-bond donors (Lipinski definition) is 0. The van der Waals surface area contributed by atoms with Gasteiger partial charge in [-0.2, -0.15) is 0 Å². The molecule has 0 aliphatic heterocycles. The first-order valence-corrected chi connectivity index (χ1v) is 7.34. The van der Waals surface area contributed by atoms with Crippen LogP contribution >= 0.6 is 46.0 Å². The molecule has 0 fully saturated rings. The summed E-state index contributed by atoms with van der Waals surface area (Å²) in [7, 11) is 6.99. The van der Waals surface area contributed by atoms with E-state index in [1.165, 1.54) is 0 Å². The lowest BCUT2D eigenvalue weighted by Gasteiger charge is -2.21. The second-order valence-electron chi connectivity index (χ2n) is 2.77. The first kappa shape index (κ1) is 14.5. The molecule has 2 nitrogen and oxygen atoms in total. The maximum absolute atomic E-state index is 5.27. The second kappa shape index (κ2) is 7.73. The van der Waals surface area contributed by atoms with E-state index in [2.05, 4.69) is 18.7 Å². The van der Waals surface area contributed by atoms with E-state index in [0.29, 0.717) is 0 Å². The maximum Gasteiger partial charge on any atom is 0.147 e. The van der Waals surface area contributed by atoms with E-state index in [1.54, 1.807) is 21.6 Å². The van der Waals surface area contributed by atoms with Crippen LogP contribution in [0.4, 0.5) is 0 Å². The fourth-order valence-corrected chi connectivity index (χ4v) is 3.40. The summed E-state index contributed by atoms with van der Waals surface area (Å²) in [4.78, 5) is 4.06. The van der Waals surface area contributed by atoms with Crippen molar-refractivity contribution in [2.45, 2.75) is 13.8 Å². The summed E-state index contributed by atoms with van der Waals surface area (Å²) in [6, 6.07) is 0. The van der Waals surface area contributed by atoms with Crippen molar-refractivity contribution in [2.75, 3.05) is 27.2 Å². The molecule has 0 atom stereocenters. The molecule has 0 aliphatic carbocycles. The van der Waals surface area contributed by atoms with E-state index in [9.17, 15) is 0 Å². The first-order valence-electron chi connectivity index (χ1n) is 4.37. The zero-order valence-electron chi connectivity index (χ0n) is 8.94. The van der Waals surface area contributed by atoms with Gasteiger partial charge in [-0.3, -0.25) is 0 Å². The molecule has 0 N–H and O–H groups in total. The van der Waals surface area contributed by atoms with Gasteiger partial charge in [-0.15, -0.1) is 0 Å². The van der Waals surface area contributed by atoms with Gasteiger partial charge in [0.05, 0.1) is 0 Å². The molecule has 0 bridgehead atoms. The molecule has 0 radical (unpaired) electrons. The highest BCUT2D eigenvalue weighted by atomic mass is 33.1. The van der Waals surface area contributed by atoms with E-state index in [0.717, 1.165) is 21.7 Å². The van der Waals surface area contributed by atoms with Gasteiger partial charge in [0.25, 0.3) is 0 Å². The van der Waals surface area contributed by atoms with E-state index < -0.39 is 0 Å². The molecule has 0 unspecified atom stereocenters. The minimum Gasteiger partial charge on any atom is -0.363 e. The Hall–Kier alpha value is 0.480. The Bertz CT molecular complexity index is 202. The fraction of sp³-hybridized carbons (Fsp3) is 0.750. The Labute approximate surface area is 105 Å². The van der Waals surface area contributed by atoms with Gasteiger partial charge in [-0.25, -0.2) is 0 Å². The normalized spacial score (nSPS) is 9.71. The van der Waals surface area contributed by atoms with Crippen molar-refractivity contribution in [3.05, 3.63) is 0 Å². The molecule has 0 aromatic heterocycles. The molecule has 14 heavy (non-hydrogen) atoms. The van der Waals surface area contributed by atoms with E-state index in [4.69, 9.17) is 24.4 Å². The average Bonchev–Trinajstić information content (AvgIpc) is 2.15. The SMILES string of the molecule is CCN(CC)C(=S)SSC(=S)N(C)C. The quantitative estimate of drug-likeness (QED) is 0.557. The zero-order chi connectivity index (χ0) is 11.1. The summed E-state index contributed by atoms with van der Waals surface area (Å²) < 4.78 is 1.76. The topological polar surface area (TPSA) is 6.48 Å². The molecule has 0 aromatic rings. The van der Waals surface area contributed by atoms with Crippen LogP contribution in [0, 0.1) is 0 Å². The molecular weight excluding hydrogens is 252 g/mol. The lowest BCUT2D eigenvalue weighted by Crippen LogP contribution is -2.26. The molecule has 0 heterocycles. The highest BCUT2D eigenvalue weighted by molar-refractivity contribution is 8.89. The van der Waals surface area contributed by atoms with Gasteiger partial charge in [0.2, 0.25) is 0 Å². The van der Waals surface area contributed by atoms with Gasteiger partial charge in [0.15, 0.2) is 0 Å². The molecule has 0 aliphatic rings. The summed E-state index contributed by atoms with van der Waals surface area (Å²) in [6.07, 6.45) is 0. The second-order valence-corrected chi connectivity index (χ2v) is 6.16. The van der Waals surface area contributed by atoms with E-state index >= 15 is 0 Å². The Morgan fingerprint density at radius 1 is 1.00 bits per heavy atom. The third kappa shape index (κ3) is 5.38. The van der Waals surface area contributed by atoms with Crippen LogP contribution in [-0.4, -0.2) is 45.6 Å². The Morgan fingerprint density at radius 3 is 1.79 bits per heavy atom. The summed E-state index contributed by atoms with van der Waals surface area (Å²) in [5.41, 5.74) is 0. The monoisotopic (exact) mass is 268 g/mol. The predicted molar refractivity (Wildman–Crippen MR) is 77.0 cm³/mol. The van der Waals surface area contributed by atoms with E-state index in [1.807, 2.05) is 19.0 Å². The van der Waals surface area contributed by atoms with Gasteiger partial charge >= 0.3 is 0 Å². The predicted octanol–water partition coefficient (Wildman–Crippen LogP) is 2.84. The highest BCUT2D eigenvalue weighted by Gasteiger charge is 2.08. The number of thiocarbonyl (C=S) groups is 2. The smallest absolute Gasteiger partial charge is 0.147 e. The largest absolute Gasteiger partial charge is 0.363 e. The molecule has 0 aromatic carbocycles. The minimum atomic E-state index is 0.851. The average molecular weight is 268 g/mol. The Kier molecular flexibility index (Phi) is 8.00. The molecule has 82 valence electrons. The molecule has 0 spiro atoms. The summed E-state index contributed by atoms with van der Waals surface area (Å²) in [5.74, 6) is 0. The Balaban J connectivity index is 3.89. The fourth-order valence-electron chi connectivity index (χ4n) is 0.680. The van der Waals surface area contributed by atoms with Gasteiger partial charge in [-0.1, -0.05) is 24.4 Å². The standard InChI is InChI=1S/C8H16N2S4/c1-5-10(6-2)8(12)14-13-7(11)9(3)4/h5-6H2,1-4H3. The van der Waals surface area contributed by atoms with Crippen molar-refractivity contribution in [3.8, 4) is 0 Å². The molecule has 6 heteroatoms. The van der Waals surface area contributed by atoms with Crippen molar-refractivity contribution < 1.29 is 0 Å². The molecular formula is C8H16N2S4. The highest BCUT2D eigenvalue weighted by Crippen LogP contribution is 2.27. The van der Waals surface area contributed by atoms with Crippen molar-refractivity contribution in [1.29, 1.82) is 0 Å². The van der Waals surface area contributed by atoms with Crippen LogP contribution in [0.5, 0.6) is 0 Å². The van der Waals surface area contributed by atoms with Gasteiger partial charge in [-0.05, 0) is 35.4 Å². The lowest BCUT2D eigenvalue weighted by molar-refractivity contribution is 0.482. The minimum absolute atomic E-state index is 0.851. The third-order valence-electron chi connectivity index (χ3n) is 1.57. The van der Waals surface area contributed by atoms with Crippen molar-refractivity contribution in [1.82, 2.24) is 9.80 Å². The number of rotatable bonds is 2. The molecule has 0 rings (SSSR count). The summed E-state index contributed by atoms with van der Waals surface area (Å²) in [6.45, 7) is 6.12.